The van der Waals surface area contributed by atoms with Crippen LogP contribution in [-0.2, 0) is 5.88 Å². The summed E-state index contributed by atoms with van der Waals surface area (Å²) in [6, 6.07) is 5.56. The van der Waals surface area contributed by atoms with Gasteiger partial charge in [-0.1, -0.05) is 23.7 Å². The summed E-state index contributed by atoms with van der Waals surface area (Å²) in [5.74, 6) is 0.571. The van der Waals surface area contributed by atoms with Crippen LogP contribution >= 0.6 is 34.5 Å². The number of phenols is 1. The van der Waals surface area contributed by atoms with E-state index in [1.807, 2.05) is 18.2 Å². The molecule has 0 saturated carbocycles. The van der Waals surface area contributed by atoms with Crippen molar-refractivity contribution >= 4 is 44.6 Å². The first-order valence-electron chi connectivity index (χ1n) is 3.68. The Labute approximate surface area is 89.5 Å². The van der Waals surface area contributed by atoms with Gasteiger partial charge in [0.25, 0.3) is 0 Å². The van der Waals surface area contributed by atoms with E-state index in [4.69, 9.17) is 23.2 Å². The predicted molar refractivity (Wildman–Crippen MR) is 58.1 cm³/mol. The summed E-state index contributed by atoms with van der Waals surface area (Å²) in [4.78, 5) is 0. The highest BCUT2D eigenvalue weighted by atomic mass is 35.5. The topological polar surface area (TPSA) is 20.2 Å². The molecule has 4 heteroatoms. The summed E-state index contributed by atoms with van der Waals surface area (Å²) in [5.41, 5.74) is 0.743. The first-order valence-corrected chi connectivity index (χ1v) is 5.41. The van der Waals surface area contributed by atoms with Crippen molar-refractivity contribution < 1.29 is 5.11 Å². The third kappa shape index (κ3) is 1.50. The normalized spacial score (nSPS) is 10.9. The van der Waals surface area contributed by atoms with Gasteiger partial charge in [-0.15, -0.1) is 22.9 Å². The van der Waals surface area contributed by atoms with Crippen LogP contribution in [-0.4, -0.2) is 5.11 Å². The van der Waals surface area contributed by atoms with E-state index >= 15 is 0 Å². The number of phenolic OH excluding ortho intramolecular Hbond substituents is 1. The molecular weight excluding hydrogens is 227 g/mol. The van der Waals surface area contributed by atoms with Crippen molar-refractivity contribution in [2.45, 2.75) is 5.88 Å². The number of hydrogen-bond donors (Lipinski definition) is 1. The highest BCUT2D eigenvalue weighted by Gasteiger charge is 2.08. The van der Waals surface area contributed by atoms with E-state index in [-0.39, 0.29) is 5.75 Å². The Balaban J connectivity index is 2.78. The molecule has 1 aromatic carbocycles. The Morgan fingerprint density at radius 1 is 1.38 bits per heavy atom. The van der Waals surface area contributed by atoms with Gasteiger partial charge >= 0.3 is 0 Å². The molecule has 13 heavy (non-hydrogen) atoms. The lowest BCUT2D eigenvalue weighted by Gasteiger charge is -2.00. The number of rotatable bonds is 1. The van der Waals surface area contributed by atoms with E-state index < -0.39 is 0 Å². The van der Waals surface area contributed by atoms with E-state index in [9.17, 15) is 5.11 Å². The van der Waals surface area contributed by atoms with Gasteiger partial charge in [0, 0.05) is 5.56 Å². The second-order valence-electron chi connectivity index (χ2n) is 2.68. The average molecular weight is 233 g/mol. The van der Waals surface area contributed by atoms with Crippen LogP contribution in [0.3, 0.4) is 0 Å². The third-order valence-corrected chi connectivity index (χ3v) is 3.43. The summed E-state index contributed by atoms with van der Waals surface area (Å²) in [6.07, 6.45) is 0. The minimum atomic E-state index is 0.254. The lowest BCUT2D eigenvalue weighted by Crippen LogP contribution is -1.77. The predicted octanol–water partition coefficient (Wildman–Crippen LogP) is 4.00. The molecule has 0 saturated heterocycles. The maximum atomic E-state index is 9.73. The molecule has 68 valence electrons. The van der Waals surface area contributed by atoms with Crippen LogP contribution in [0, 0.1) is 0 Å². The SMILES string of the molecule is Oc1c(CCl)ccc2cc(Cl)sc12. The van der Waals surface area contributed by atoms with E-state index in [0.29, 0.717) is 10.2 Å². The lowest BCUT2D eigenvalue weighted by atomic mass is 10.2. The van der Waals surface area contributed by atoms with Crippen LogP contribution in [0.2, 0.25) is 4.34 Å². The highest BCUT2D eigenvalue weighted by Crippen LogP contribution is 2.37. The van der Waals surface area contributed by atoms with Crippen molar-refractivity contribution in [2.24, 2.45) is 0 Å². The Bertz CT molecular complexity index is 450. The Morgan fingerprint density at radius 2 is 2.15 bits per heavy atom. The standard InChI is InChI=1S/C9H6Cl2OS/c10-4-6-2-1-5-3-7(11)13-9(5)8(6)12/h1-3,12H,4H2. The number of thiophene rings is 1. The smallest absolute Gasteiger partial charge is 0.137 e. The second kappa shape index (κ2) is 3.37. The average Bonchev–Trinajstić information content (AvgIpc) is 2.47. The number of benzene rings is 1. The minimum Gasteiger partial charge on any atom is -0.506 e. The molecule has 0 unspecified atom stereocenters. The van der Waals surface area contributed by atoms with Gasteiger partial charge in [0.15, 0.2) is 0 Å². The molecule has 1 heterocycles. The quantitative estimate of drug-likeness (QED) is 0.738. The molecule has 1 nitrogen and oxygen atoms in total. The molecule has 0 atom stereocenters. The Kier molecular flexibility index (Phi) is 2.37. The summed E-state index contributed by atoms with van der Waals surface area (Å²) < 4.78 is 1.49. The molecule has 0 spiro atoms. The van der Waals surface area contributed by atoms with Crippen LogP contribution in [0.25, 0.3) is 10.1 Å². The van der Waals surface area contributed by atoms with Crippen LogP contribution in [0.5, 0.6) is 5.75 Å². The van der Waals surface area contributed by atoms with E-state index in [1.54, 1.807) is 0 Å². The Morgan fingerprint density at radius 3 is 2.85 bits per heavy atom. The summed E-state index contributed by atoms with van der Waals surface area (Å²) in [6.45, 7) is 0. The van der Waals surface area contributed by atoms with Crippen LogP contribution in [0.4, 0.5) is 0 Å². The number of hydrogen-bond acceptors (Lipinski definition) is 2. The molecule has 0 aliphatic carbocycles. The first-order chi connectivity index (χ1) is 6.22. The molecule has 1 N–H and O–H groups in total. The van der Waals surface area contributed by atoms with Crippen LogP contribution in [0.1, 0.15) is 5.56 Å². The summed E-state index contributed by atoms with van der Waals surface area (Å²) >= 11 is 12.8. The van der Waals surface area contributed by atoms with Gasteiger partial charge in [0.05, 0.1) is 14.9 Å². The zero-order valence-corrected chi connectivity index (χ0v) is 8.88. The van der Waals surface area contributed by atoms with Crippen LogP contribution in [0.15, 0.2) is 18.2 Å². The van der Waals surface area contributed by atoms with Crippen molar-refractivity contribution in [2.75, 3.05) is 0 Å². The second-order valence-corrected chi connectivity index (χ2v) is 4.63. The molecule has 0 amide bonds. The molecule has 0 aliphatic heterocycles. The van der Waals surface area contributed by atoms with Gasteiger partial charge in [-0.3, -0.25) is 0 Å². The maximum Gasteiger partial charge on any atom is 0.137 e. The van der Waals surface area contributed by atoms with Crippen molar-refractivity contribution in [3.05, 3.63) is 28.1 Å². The number of fused-ring (bicyclic) bond motifs is 1. The number of alkyl halides is 1. The van der Waals surface area contributed by atoms with Gasteiger partial charge in [-0.2, -0.15) is 0 Å². The fraction of sp³-hybridized carbons (Fsp3) is 0.111. The number of aromatic hydroxyl groups is 1. The van der Waals surface area contributed by atoms with E-state index in [1.165, 1.54) is 11.3 Å². The summed E-state index contributed by atoms with van der Waals surface area (Å²) in [5, 5.41) is 10.7. The van der Waals surface area contributed by atoms with Gasteiger partial charge in [0.1, 0.15) is 5.75 Å². The molecule has 0 aliphatic rings. The molecular formula is C9H6Cl2OS. The lowest BCUT2D eigenvalue weighted by molar-refractivity contribution is 0.478. The summed E-state index contributed by atoms with van der Waals surface area (Å²) in [7, 11) is 0. The monoisotopic (exact) mass is 232 g/mol. The zero-order valence-electron chi connectivity index (χ0n) is 6.55. The van der Waals surface area contributed by atoms with Gasteiger partial charge in [-0.25, -0.2) is 0 Å². The number of halogens is 2. The molecule has 0 bridgehead atoms. The largest absolute Gasteiger partial charge is 0.506 e. The van der Waals surface area contributed by atoms with Gasteiger partial charge < -0.3 is 5.11 Å². The zero-order chi connectivity index (χ0) is 9.42. The van der Waals surface area contributed by atoms with Gasteiger partial charge in [0.2, 0.25) is 0 Å². The molecule has 1 aromatic heterocycles. The fourth-order valence-electron chi connectivity index (χ4n) is 1.21. The van der Waals surface area contributed by atoms with Crippen molar-refractivity contribution in [3.8, 4) is 5.75 Å². The van der Waals surface area contributed by atoms with Gasteiger partial charge in [-0.05, 0) is 11.5 Å². The minimum absolute atomic E-state index is 0.254. The molecule has 0 fully saturated rings. The van der Waals surface area contributed by atoms with E-state index in [0.717, 1.165) is 15.6 Å². The third-order valence-electron chi connectivity index (χ3n) is 1.86. The molecule has 0 radical (unpaired) electrons. The van der Waals surface area contributed by atoms with Crippen molar-refractivity contribution in [1.82, 2.24) is 0 Å². The van der Waals surface area contributed by atoms with E-state index in [2.05, 4.69) is 0 Å². The van der Waals surface area contributed by atoms with Crippen molar-refractivity contribution in [3.63, 3.8) is 0 Å². The maximum absolute atomic E-state index is 9.73. The highest BCUT2D eigenvalue weighted by molar-refractivity contribution is 7.23. The van der Waals surface area contributed by atoms with Crippen LogP contribution < -0.4 is 0 Å². The fourth-order valence-corrected chi connectivity index (χ4v) is 2.62. The first kappa shape index (κ1) is 9.13. The Hall–Kier alpha value is -0.440. The van der Waals surface area contributed by atoms with Crippen molar-refractivity contribution in [1.29, 1.82) is 0 Å². The molecule has 2 rings (SSSR count). The molecule has 2 aromatic rings.